The summed E-state index contributed by atoms with van der Waals surface area (Å²) < 4.78 is 17.4. The molecule has 7 heteroatoms. The summed E-state index contributed by atoms with van der Waals surface area (Å²) in [6.45, 7) is 14.1. The number of carbonyl (C=O) groups excluding carboxylic acids is 2. The molecule has 0 spiro atoms. The molecule has 0 aliphatic heterocycles. The van der Waals surface area contributed by atoms with E-state index in [1.165, 1.54) is 0 Å². The molecule has 0 bridgehead atoms. The second-order valence-corrected chi connectivity index (χ2v) is 12.5. The van der Waals surface area contributed by atoms with Gasteiger partial charge in [0.1, 0.15) is 11.7 Å². The summed E-state index contributed by atoms with van der Waals surface area (Å²) in [4.78, 5) is 26.5. The van der Waals surface area contributed by atoms with E-state index in [0.29, 0.717) is 53.7 Å². The summed E-state index contributed by atoms with van der Waals surface area (Å²) in [7, 11) is 1.62. The minimum absolute atomic E-state index is 0.119. The summed E-state index contributed by atoms with van der Waals surface area (Å²) >= 11 is 0. The molecule has 1 amide bonds. The summed E-state index contributed by atoms with van der Waals surface area (Å²) in [5.74, 6) is 1.59. The van der Waals surface area contributed by atoms with E-state index in [-0.39, 0.29) is 18.0 Å². The fraction of sp³-hybridized carbons (Fsp3) is 0.733. The number of hydrogen-bond acceptors (Lipinski definition) is 6. The van der Waals surface area contributed by atoms with Crippen LogP contribution >= 0.6 is 0 Å². The number of amides is 1. The van der Waals surface area contributed by atoms with Crippen molar-refractivity contribution in [2.75, 3.05) is 7.11 Å². The van der Waals surface area contributed by atoms with Gasteiger partial charge in [-0.15, -0.1) is 0 Å². The Morgan fingerprint density at radius 1 is 1.11 bits per heavy atom. The van der Waals surface area contributed by atoms with Crippen molar-refractivity contribution in [3.63, 3.8) is 0 Å². The van der Waals surface area contributed by atoms with Crippen LogP contribution in [0.3, 0.4) is 0 Å². The molecule has 0 aromatic rings. The Balaban J connectivity index is 1.99. The predicted molar refractivity (Wildman–Crippen MR) is 144 cm³/mol. The van der Waals surface area contributed by atoms with E-state index >= 15 is 0 Å². The molecule has 3 aliphatic carbocycles. The number of esters is 1. The lowest BCUT2D eigenvalue weighted by molar-refractivity contribution is -0.151. The van der Waals surface area contributed by atoms with Crippen LogP contribution in [0, 0.1) is 23.7 Å². The van der Waals surface area contributed by atoms with Gasteiger partial charge in [-0.05, 0) is 87.3 Å². The van der Waals surface area contributed by atoms with Crippen LogP contribution in [0.5, 0.6) is 0 Å². The number of methoxy groups -OCH3 is 1. The van der Waals surface area contributed by atoms with Crippen molar-refractivity contribution in [1.29, 1.82) is 0 Å². The van der Waals surface area contributed by atoms with Crippen LogP contribution in [-0.4, -0.2) is 48.1 Å². The first-order valence-corrected chi connectivity index (χ1v) is 13.9. The number of allylic oxidation sites excluding steroid dienone is 2. The fourth-order valence-corrected chi connectivity index (χ4v) is 5.89. The van der Waals surface area contributed by atoms with Crippen molar-refractivity contribution in [3.8, 4) is 0 Å². The van der Waals surface area contributed by atoms with E-state index in [4.69, 9.17) is 14.2 Å². The van der Waals surface area contributed by atoms with Gasteiger partial charge in [0.05, 0.1) is 25.0 Å². The maximum Gasteiger partial charge on any atom is 0.408 e. The number of nitrogens with one attached hydrogen (secondary N) is 1. The average molecular weight is 518 g/mol. The third-order valence-electron chi connectivity index (χ3n) is 7.80. The number of aliphatic hydroxyl groups excluding tert-OH is 1. The van der Waals surface area contributed by atoms with Gasteiger partial charge in [0.2, 0.25) is 0 Å². The molecule has 7 nitrogen and oxygen atoms in total. The van der Waals surface area contributed by atoms with Crippen LogP contribution in [0.1, 0.15) is 87.0 Å². The van der Waals surface area contributed by atoms with Crippen molar-refractivity contribution in [2.24, 2.45) is 23.7 Å². The second-order valence-electron chi connectivity index (χ2n) is 12.5. The van der Waals surface area contributed by atoms with Crippen LogP contribution in [0.25, 0.3) is 0 Å². The highest BCUT2D eigenvalue weighted by molar-refractivity contribution is 5.92. The Labute approximate surface area is 222 Å². The highest BCUT2D eigenvalue weighted by atomic mass is 16.6. The Bertz CT molecular complexity index is 940. The summed E-state index contributed by atoms with van der Waals surface area (Å²) in [6.07, 6.45) is 7.00. The van der Waals surface area contributed by atoms with Gasteiger partial charge in [0, 0.05) is 12.0 Å². The van der Waals surface area contributed by atoms with E-state index in [2.05, 4.69) is 26.1 Å². The molecule has 3 aliphatic rings. The van der Waals surface area contributed by atoms with Crippen molar-refractivity contribution < 1.29 is 28.9 Å². The third kappa shape index (κ3) is 7.62. The van der Waals surface area contributed by atoms with E-state index < -0.39 is 23.8 Å². The highest BCUT2D eigenvalue weighted by Gasteiger charge is 2.38. The molecule has 2 N–H and O–H groups in total. The monoisotopic (exact) mass is 517 g/mol. The zero-order valence-electron chi connectivity index (χ0n) is 23.9. The highest BCUT2D eigenvalue weighted by Crippen LogP contribution is 2.40. The molecule has 37 heavy (non-hydrogen) atoms. The molecule has 0 aromatic carbocycles. The van der Waals surface area contributed by atoms with Gasteiger partial charge in [-0.1, -0.05) is 40.2 Å². The molecule has 208 valence electrons. The van der Waals surface area contributed by atoms with E-state index in [9.17, 15) is 14.7 Å². The Morgan fingerprint density at radius 2 is 1.81 bits per heavy atom. The van der Waals surface area contributed by atoms with Gasteiger partial charge < -0.3 is 24.6 Å². The lowest BCUT2D eigenvalue weighted by Crippen LogP contribution is -2.43. The minimum atomic E-state index is -0.669. The van der Waals surface area contributed by atoms with Gasteiger partial charge >= 0.3 is 12.1 Å². The Morgan fingerprint density at radius 3 is 2.43 bits per heavy atom. The van der Waals surface area contributed by atoms with Crippen molar-refractivity contribution in [1.82, 2.24) is 5.32 Å². The SMILES string of the molecule is COC1=CC(C2=CC(O)CCC2NC(=O)OC(C)(C)C)=C(C(=O)OC2CC(C)CCC2C(C)C)[C@@H](C)C1. The molecular formula is C30H47NO6. The smallest absolute Gasteiger partial charge is 0.408 e. The zero-order chi connectivity index (χ0) is 27.5. The molecule has 0 aromatic heterocycles. The standard InChI is InChI=1S/C30H47NO6/c1-17(2)22-11-9-18(3)13-26(22)36-28(33)27-19(4)14-21(35-8)16-24(27)23-15-20(32)10-12-25(23)31-29(34)37-30(5,6)7/h15-20,22,25-26,32H,9-14H2,1-8H3,(H,31,34)/t18?,19-,20?,22?,25?,26?/m0/s1. The zero-order valence-corrected chi connectivity index (χ0v) is 23.9. The van der Waals surface area contributed by atoms with Crippen LogP contribution in [0.4, 0.5) is 4.79 Å². The first kappa shape index (κ1) is 29.3. The molecule has 0 saturated heterocycles. The van der Waals surface area contributed by atoms with Crippen LogP contribution in [0.2, 0.25) is 0 Å². The molecular weight excluding hydrogens is 470 g/mol. The number of ether oxygens (including phenoxy) is 3. The minimum Gasteiger partial charge on any atom is -0.501 e. The van der Waals surface area contributed by atoms with Crippen molar-refractivity contribution in [3.05, 3.63) is 34.6 Å². The molecule has 0 heterocycles. The second kappa shape index (κ2) is 12.1. The van der Waals surface area contributed by atoms with Crippen LogP contribution in [-0.2, 0) is 19.0 Å². The van der Waals surface area contributed by atoms with E-state index in [0.717, 1.165) is 25.0 Å². The maximum absolute atomic E-state index is 13.8. The van der Waals surface area contributed by atoms with Crippen LogP contribution < -0.4 is 5.32 Å². The Kier molecular flexibility index (Phi) is 9.54. The van der Waals surface area contributed by atoms with E-state index in [1.54, 1.807) is 13.2 Å². The molecule has 6 atom stereocenters. The number of alkyl carbamates (subject to hydrolysis) is 1. The third-order valence-corrected chi connectivity index (χ3v) is 7.80. The number of rotatable bonds is 6. The largest absolute Gasteiger partial charge is 0.501 e. The van der Waals surface area contributed by atoms with Gasteiger partial charge in [-0.25, -0.2) is 9.59 Å². The van der Waals surface area contributed by atoms with Crippen molar-refractivity contribution >= 4 is 12.1 Å². The molecule has 0 radical (unpaired) electrons. The topological polar surface area (TPSA) is 94.1 Å². The quantitative estimate of drug-likeness (QED) is 0.431. The number of aliphatic hydroxyl groups is 1. The van der Waals surface area contributed by atoms with Crippen LogP contribution in [0.15, 0.2) is 34.6 Å². The molecule has 3 rings (SSSR count). The van der Waals surface area contributed by atoms with Crippen molar-refractivity contribution in [2.45, 2.75) is 111 Å². The molecule has 5 unspecified atom stereocenters. The molecule has 1 fully saturated rings. The van der Waals surface area contributed by atoms with Gasteiger partial charge in [-0.3, -0.25) is 0 Å². The van der Waals surface area contributed by atoms with Gasteiger partial charge in [-0.2, -0.15) is 0 Å². The lowest BCUT2D eigenvalue weighted by Gasteiger charge is -2.38. The number of carbonyl (C=O) groups is 2. The average Bonchev–Trinajstić information content (AvgIpc) is 2.78. The first-order valence-electron chi connectivity index (χ1n) is 13.9. The van der Waals surface area contributed by atoms with Gasteiger partial charge in [0.15, 0.2) is 0 Å². The summed E-state index contributed by atoms with van der Waals surface area (Å²) in [5.41, 5.74) is 1.32. The fourth-order valence-electron chi connectivity index (χ4n) is 5.89. The molecule has 1 saturated carbocycles. The maximum atomic E-state index is 13.8. The first-order chi connectivity index (χ1) is 17.3. The Hall–Kier alpha value is -2.28. The van der Waals surface area contributed by atoms with E-state index in [1.807, 2.05) is 33.8 Å². The lowest BCUT2D eigenvalue weighted by atomic mass is 9.75. The van der Waals surface area contributed by atoms with Gasteiger partial charge in [0.25, 0.3) is 0 Å². The summed E-state index contributed by atoms with van der Waals surface area (Å²) in [5, 5.41) is 13.5. The number of hydrogen-bond donors (Lipinski definition) is 2. The normalized spacial score (nSPS) is 30.9. The predicted octanol–water partition coefficient (Wildman–Crippen LogP) is 5.83. The summed E-state index contributed by atoms with van der Waals surface area (Å²) in [6, 6.07) is -0.408.